The molecular formula is C24H25FN4O2S. The number of hydrogen-bond donors (Lipinski definition) is 1. The molecule has 1 atom stereocenters. The molecule has 0 fully saturated rings. The van der Waals surface area contributed by atoms with Gasteiger partial charge in [0.15, 0.2) is 5.11 Å². The molecule has 0 saturated heterocycles. The van der Waals surface area contributed by atoms with E-state index < -0.39 is 0 Å². The Morgan fingerprint density at radius 3 is 2.69 bits per heavy atom. The second kappa shape index (κ2) is 9.58. The van der Waals surface area contributed by atoms with E-state index in [0.717, 1.165) is 23.3 Å². The number of nitrogens with zero attached hydrogens (tertiary/aromatic N) is 3. The molecule has 0 radical (unpaired) electrons. The molecule has 8 heteroatoms. The SMILES string of the molecule is COCCCN1C(=S)NC(c2ccc(C)cc2)C(c2nc(-c3cccc(F)c3)no2)=C1C. The van der Waals surface area contributed by atoms with Crippen LogP contribution in [0.1, 0.15) is 36.4 Å². The van der Waals surface area contributed by atoms with Gasteiger partial charge >= 0.3 is 0 Å². The first-order valence-corrected chi connectivity index (χ1v) is 10.8. The highest BCUT2D eigenvalue weighted by Gasteiger charge is 2.33. The van der Waals surface area contributed by atoms with E-state index >= 15 is 0 Å². The van der Waals surface area contributed by atoms with E-state index in [1.165, 1.54) is 17.7 Å². The Labute approximate surface area is 192 Å². The highest BCUT2D eigenvalue weighted by Crippen LogP contribution is 2.37. The van der Waals surface area contributed by atoms with Crippen LogP contribution in [-0.2, 0) is 4.74 Å². The average Bonchev–Trinajstić information content (AvgIpc) is 3.26. The van der Waals surface area contributed by atoms with Gasteiger partial charge < -0.3 is 19.5 Å². The zero-order chi connectivity index (χ0) is 22.7. The molecule has 0 saturated carbocycles. The summed E-state index contributed by atoms with van der Waals surface area (Å²) in [5, 5.41) is 8.19. The molecule has 2 heterocycles. The van der Waals surface area contributed by atoms with Crippen LogP contribution in [0.25, 0.3) is 17.0 Å². The van der Waals surface area contributed by atoms with Crippen LogP contribution in [0.15, 0.2) is 58.8 Å². The van der Waals surface area contributed by atoms with Crippen LogP contribution in [0.3, 0.4) is 0 Å². The Bertz CT molecular complexity index is 1140. The average molecular weight is 453 g/mol. The summed E-state index contributed by atoms with van der Waals surface area (Å²) in [6.07, 6.45) is 0.816. The van der Waals surface area contributed by atoms with E-state index in [1.807, 2.05) is 18.7 Å². The van der Waals surface area contributed by atoms with Gasteiger partial charge in [-0.2, -0.15) is 4.98 Å². The van der Waals surface area contributed by atoms with Crippen LogP contribution in [-0.4, -0.2) is 40.4 Å². The number of aromatic nitrogens is 2. The summed E-state index contributed by atoms with van der Waals surface area (Å²) in [6, 6.07) is 14.1. The molecule has 3 aromatic rings. The summed E-state index contributed by atoms with van der Waals surface area (Å²) in [7, 11) is 1.68. The minimum Gasteiger partial charge on any atom is -0.385 e. The number of benzene rings is 2. The standard InChI is InChI=1S/C24H25FN4O2S/c1-15-8-10-17(11-9-15)21-20(16(2)29(24(32)26-21)12-5-13-30-3)23-27-22(28-31-23)18-6-4-7-19(25)14-18/h4,6-11,14,21H,5,12-13H2,1-3H3,(H,26,32). The van der Waals surface area contributed by atoms with Crippen molar-refractivity contribution in [3.63, 3.8) is 0 Å². The Morgan fingerprint density at radius 1 is 1.19 bits per heavy atom. The molecule has 6 nitrogen and oxygen atoms in total. The maximum Gasteiger partial charge on any atom is 0.258 e. The summed E-state index contributed by atoms with van der Waals surface area (Å²) >= 11 is 5.69. The van der Waals surface area contributed by atoms with E-state index in [-0.39, 0.29) is 11.9 Å². The van der Waals surface area contributed by atoms with E-state index in [9.17, 15) is 4.39 Å². The monoisotopic (exact) mass is 452 g/mol. The van der Waals surface area contributed by atoms with Crippen LogP contribution in [0.4, 0.5) is 4.39 Å². The second-order valence-electron chi connectivity index (χ2n) is 7.72. The highest BCUT2D eigenvalue weighted by atomic mass is 32.1. The van der Waals surface area contributed by atoms with Gasteiger partial charge in [-0.25, -0.2) is 4.39 Å². The largest absolute Gasteiger partial charge is 0.385 e. The van der Waals surface area contributed by atoms with Crippen LogP contribution >= 0.6 is 12.2 Å². The number of rotatable bonds is 7. The fourth-order valence-electron chi connectivity index (χ4n) is 3.78. The zero-order valence-electron chi connectivity index (χ0n) is 18.3. The predicted molar refractivity (Wildman–Crippen MR) is 125 cm³/mol. The molecule has 1 N–H and O–H groups in total. The number of allylic oxidation sites excluding steroid dienone is 1. The lowest BCUT2D eigenvalue weighted by Gasteiger charge is -2.37. The van der Waals surface area contributed by atoms with Gasteiger partial charge in [-0.15, -0.1) is 0 Å². The number of thiocarbonyl (C=S) groups is 1. The third kappa shape index (κ3) is 4.56. The molecule has 32 heavy (non-hydrogen) atoms. The Morgan fingerprint density at radius 2 is 1.97 bits per heavy atom. The van der Waals surface area contributed by atoms with Crippen molar-refractivity contribution in [2.45, 2.75) is 26.3 Å². The zero-order valence-corrected chi connectivity index (χ0v) is 19.1. The smallest absolute Gasteiger partial charge is 0.258 e. The summed E-state index contributed by atoms with van der Waals surface area (Å²) < 4.78 is 24.6. The van der Waals surface area contributed by atoms with Crippen LogP contribution in [0, 0.1) is 12.7 Å². The van der Waals surface area contributed by atoms with Crippen LogP contribution in [0.2, 0.25) is 0 Å². The number of halogens is 1. The minimum atomic E-state index is -0.351. The second-order valence-corrected chi connectivity index (χ2v) is 8.11. The minimum absolute atomic E-state index is 0.248. The van der Waals surface area contributed by atoms with E-state index in [1.54, 1.807) is 19.2 Å². The summed E-state index contributed by atoms with van der Waals surface area (Å²) in [6.45, 7) is 5.38. The van der Waals surface area contributed by atoms with Gasteiger partial charge in [-0.1, -0.05) is 47.1 Å². The van der Waals surface area contributed by atoms with Crippen molar-refractivity contribution in [3.8, 4) is 11.4 Å². The van der Waals surface area contributed by atoms with Gasteiger partial charge in [0.25, 0.3) is 5.89 Å². The number of methoxy groups -OCH3 is 1. The summed E-state index contributed by atoms with van der Waals surface area (Å²) in [5.41, 5.74) is 4.54. The van der Waals surface area contributed by atoms with Gasteiger partial charge in [0.1, 0.15) is 5.82 Å². The fourth-order valence-corrected chi connectivity index (χ4v) is 4.13. The first-order chi connectivity index (χ1) is 15.5. The normalized spacial score (nSPS) is 16.4. The van der Waals surface area contributed by atoms with Gasteiger partial charge in [-0.3, -0.25) is 0 Å². The number of hydrogen-bond acceptors (Lipinski definition) is 5. The molecule has 1 aromatic heterocycles. The molecule has 4 rings (SSSR count). The maximum atomic E-state index is 13.7. The van der Waals surface area contributed by atoms with Crippen LogP contribution in [0.5, 0.6) is 0 Å². The van der Waals surface area contributed by atoms with E-state index in [2.05, 4.69) is 39.7 Å². The lowest BCUT2D eigenvalue weighted by molar-refractivity contribution is 0.188. The fraction of sp³-hybridized carbons (Fsp3) is 0.292. The molecular weight excluding hydrogens is 427 g/mol. The summed E-state index contributed by atoms with van der Waals surface area (Å²) in [4.78, 5) is 6.64. The number of ether oxygens (including phenoxy) is 1. The van der Waals surface area contributed by atoms with Crippen molar-refractivity contribution in [2.24, 2.45) is 0 Å². The van der Waals surface area contributed by atoms with Gasteiger partial charge in [0.05, 0.1) is 11.6 Å². The third-order valence-electron chi connectivity index (χ3n) is 5.48. The quantitative estimate of drug-likeness (QED) is 0.405. The Kier molecular flexibility index (Phi) is 6.62. The van der Waals surface area contributed by atoms with Crippen molar-refractivity contribution in [3.05, 3.63) is 77.1 Å². The van der Waals surface area contributed by atoms with Gasteiger partial charge in [0.2, 0.25) is 5.82 Å². The maximum absolute atomic E-state index is 13.7. The molecule has 0 amide bonds. The van der Waals surface area contributed by atoms with Gasteiger partial charge in [-0.05, 0) is 50.2 Å². The van der Waals surface area contributed by atoms with Gasteiger partial charge in [0, 0.05) is 31.5 Å². The number of nitrogens with one attached hydrogen (secondary N) is 1. The third-order valence-corrected chi connectivity index (χ3v) is 5.81. The molecule has 0 aliphatic carbocycles. The molecule has 0 bridgehead atoms. The molecule has 1 aliphatic heterocycles. The molecule has 1 aliphatic rings. The summed E-state index contributed by atoms with van der Waals surface area (Å²) in [5.74, 6) is 0.358. The van der Waals surface area contributed by atoms with E-state index in [4.69, 9.17) is 21.5 Å². The van der Waals surface area contributed by atoms with Crippen molar-refractivity contribution in [1.82, 2.24) is 20.4 Å². The Hall–Kier alpha value is -3.10. The van der Waals surface area contributed by atoms with Crippen molar-refractivity contribution >= 4 is 22.9 Å². The van der Waals surface area contributed by atoms with E-state index in [0.29, 0.717) is 35.5 Å². The molecule has 2 aromatic carbocycles. The number of aryl methyl sites for hydroxylation is 1. The molecule has 166 valence electrons. The van der Waals surface area contributed by atoms with Crippen molar-refractivity contribution in [1.29, 1.82) is 0 Å². The topological polar surface area (TPSA) is 63.4 Å². The highest BCUT2D eigenvalue weighted by molar-refractivity contribution is 7.80. The molecule has 0 spiro atoms. The Balaban J connectivity index is 1.77. The predicted octanol–water partition coefficient (Wildman–Crippen LogP) is 4.88. The van der Waals surface area contributed by atoms with Crippen molar-refractivity contribution in [2.75, 3.05) is 20.3 Å². The van der Waals surface area contributed by atoms with Crippen molar-refractivity contribution < 1.29 is 13.7 Å². The first-order valence-electron chi connectivity index (χ1n) is 10.4. The van der Waals surface area contributed by atoms with Crippen LogP contribution < -0.4 is 5.32 Å². The molecule has 1 unspecified atom stereocenters. The lowest BCUT2D eigenvalue weighted by atomic mass is 9.94. The first kappa shape index (κ1) is 22.1. The lowest BCUT2D eigenvalue weighted by Crippen LogP contribution is -2.46.